The molecule has 3 aliphatic rings. The summed E-state index contributed by atoms with van der Waals surface area (Å²) in [5, 5.41) is 0. The zero-order valence-corrected chi connectivity index (χ0v) is 9.73. The summed E-state index contributed by atoms with van der Waals surface area (Å²) in [7, 11) is 0. The number of hydrogen-bond acceptors (Lipinski definition) is 1. The molecule has 0 aliphatic heterocycles. The van der Waals surface area contributed by atoms with Crippen molar-refractivity contribution in [2.45, 2.75) is 57.8 Å². The Hall–Kier alpha value is -0.300. The summed E-state index contributed by atoms with van der Waals surface area (Å²) in [4.78, 5) is 0. The van der Waals surface area contributed by atoms with Gasteiger partial charge in [-0.25, -0.2) is 0 Å². The second-order valence-corrected chi connectivity index (χ2v) is 6.17. The van der Waals surface area contributed by atoms with Crippen LogP contribution in [0.3, 0.4) is 0 Å². The van der Waals surface area contributed by atoms with Gasteiger partial charge in [0.1, 0.15) is 0 Å². The van der Waals surface area contributed by atoms with Gasteiger partial charge in [0.15, 0.2) is 0 Å². The third-order valence-electron chi connectivity index (χ3n) is 5.20. The first-order valence-electron chi connectivity index (χ1n) is 6.68. The van der Waals surface area contributed by atoms with Gasteiger partial charge in [0.25, 0.3) is 0 Å². The quantitative estimate of drug-likeness (QED) is 0.687. The number of allylic oxidation sites excluding steroid dienone is 1. The molecule has 0 aromatic rings. The van der Waals surface area contributed by atoms with E-state index in [9.17, 15) is 0 Å². The zero-order chi connectivity index (χ0) is 10.4. The number of nitrogens with two attached hydrogens (primary N) is 1. The molecule has 3 rings (SSSR count). The van der Waals surface area contributed by atoms with E-state index in [0.29, 0.717) is 5.41 Å². The first-order chi connectivity index (χ1) is 7.29. The van der Waals surface area contributed by atoms with Crippen molar-refractivity contribution >= 4 is 0 Å². The highest BCUT2D eigenvalue weighted by Crippen LogP contribution is 2.67. The van der Waals surface area contributed by atoms with Crippen molar-refractivity contribution in [3.05, 3.63) is 11.6 Å². The van der Waals surface area contributed by atoms with E-state index in [-0.39, 0.29) is 0 Å². The van der Waals surface area contributed by atoms with Gasteiger partial charge in [-0.05, 0) is 56.8 Å². The monoisotopic (exact) mass is 205 g/mol. The molecule has 0 saturated heterocycles. The van der Waals surface area contributed by atoms with Crippen LogP contribution in [-0.2, 0) is 0 Å². The van der Waals surface area contributed by atoms with Gasteiger partial charge < -0.3 is 5.73 Å². The fraction of sp³-hybridized carbons (Fsp3) is 0.857. The van der Waals surface area contributed by atoms with Gasteiger partial charge in [-0.3, -0.25) is 0 Å². The van der Waals surface area contributed by atoms with Crippen LogP contribution in [0.1, 0.15) is 57.8 Å². The highest BCUT2D eigenvalue weighted by atomic mass is 14.7. The van der Waals surface area contributed by atoms with E-state index in [1.807, 2.05) is 0 Å². The highest BCUT2D eigenvalue weighted by molar-refractivity contribution is 5.25. The second kappa shape index (κ2) is 3.35. The summed E-state index contributed by atoms with van der Waals surface area (Å²) in [5.74, 6) is 0. The Labute approximate surface area is 93.1 Å². The lowest BCUT2D eigenvalue weighted by Crippen LogP contribution is -2.54. The van der Waals surface area contributed by atoms with Crippen molar-refractivity contribution in [1.82, 2.24) is 0 Å². The van der Waals surface area contributed by atoms with Crippen LogP contribution in [0.15, 0.2) is 11.6 Å². The molecule has 2 N–H and O–H groups in total. The molecular weight excluding hydrogens is 182 g/mol. The standard InChI is InChI=1S/C14H23N/c15-11-14(12-5-2-1-3-6-12)9-13(10-14)7-4-8-13/h5H,1-4,6-11,15H2. The SMILES string of the molecule is NCC1(C2=CCCCC2)CC2(CCC2)C1. The first kappa shape index (κ1) is 9.89. The van der Waals surface area contributed by atoms with Crippen molar-refractivity contribution in [3.63, 3.8) is 0 Å². The van der Waals surface area contributed by atoms with E-state index >= 15 is 0 Å². The molecule has 0 heterocycles. The van der Waals surface area contributed by atoms with Gasteiger partial charge in [-0.15, -0.1) is 0 Å². The minimum atomic E-state index is 0.459. The lowest BCUT2D eigenvalue weighted by atomic mass is 9.43. The minimum Gasteiger partial charge on any atom is -0.330 e. The van der Waals surface area contributed by atoms with Gasteiger partial charge in [0, 0.05) is 12.0 Å². The van der Waals surface area contributed by atoms with Crippen LogP contribution in [0, 0.1) is 10.8 Å². The molecule has 3 aliphatic carbocycles. The molecule has 2 saturated carbocycles. The van der Waals surface area contributed by atoms with E-state index < -0.39 is 0 Å². The fourth-order valence-electron chi connectivity index (χ4n) is 4.24. The molecule has 0 bridgehead atoms. The summed E-state index contributed by atoms with van der Waals surface area (Å²) in [6.07, 6.45) is 15.3. The Balaban J connectivity index is 1.74. The Morgan fingerprint density at radius 2 is 1.93 bits per heavy atom. The largest absolute Gasteiger partial charge is 0.330 e. The summed E-state index contributed by atoms with van der Waals surface area (Å²) < 4.78 is 0. The van der Waals surface area contributed by atoms with Crippen LogP contribution in [0.2, 0.25) is 0 Å². The van der Waals surface area contributed by atoms with Crippen molar-refractivity contribution < 1.29 is 0 Å². The molecule has 0 amide bonds. The second-order valence-electron chi connectivity index (χ2n) is 6.17. The molecule has 0 aromatic carbocycles. The van der Waals surface area contributed by atoms with Crippen LogP contribution < -0.4 is 5.73 Å². The third kappa shape index (κ3) is 1.39. The fourth-order valence-corrected chi connectivity index (χ4v) is 4.24. The predicted octanol–water partition coefficient (Wildman–Crippen LogP) is 3.40. The normalized spacial score (nSPS) is 31.7. The summed E-state index contributed by atoms with van der Waals surface area (Å²) in [6.45, 7) is 0.903. The molecule has 1 heteroatoms. The Bertz CT molecular complexity index is 278. The molecule has 0 unspecified atom stereocenters. The van der Waals surface area contributed by atoms with Crippen LogP contribution in [0.5, 0.6) is 0 Å². The summed E-state index contributed by atoms with van der Waals surface area (Å²) in [6, 6.07) is 0. The molecule has 15 heavy (non-hydrogen) atoms. The van der Waals surface area contributed by atoms with E-state index in [2.05, 4.69) is 6.08 Å². The molecule has 0 radical (unpaired) electrons. The van der Waals surface area contributed by atoms with Crippen molar-refractivity contribution in [2.24, 2.45) is 16.6 Å². The Morgan fingerprint density at radius 3 is 2.40 bits per heavy atom. The van der Waals surface area contributed by atoms with Gasteiger partial charge in [0.2, 0.25) is 0 Å². The van der Waals surface area contributed by atoms with Gasteiger partial charge >= 0.3 is 0 Å². The summed E-state index contributed by atoms with van der Waals surface area (Å²) >= 11 is 0. The maximum atomic E-state index is 6.06. The lowest BCUT2D eigenvalue weighted by Gasteiger charge is -2.62. The van der Waals surface area contributed by atoms with Crippen molar-refractivity contribution in [3.8, 4) is 0 Å². The van der Waals surface area contributed by atoms with Gasteiger partial charge in [0.05, 0.1) is 0 Å². The van der Waals surface area contributed by atoms with Crippen LogP contribution in [0.25, 0.3) is 0 Å². The van der Waals surface area contributed by atoms with Crippen LogP contribution >= 0.6 is 0 Å². The van der Waals surface area contributed by atoms with E-state index in [1.54, 1.807) is 5.57 Å². The van der Waals surface area contributed by atoms with E-state index in [4.69, 9.17) is 5.73 Å². The Morgan fingerprint density at radius 1 is 1.13 bits per heavy atom. The van der Waals surface area contributed by atoms with Gasteiger partial charge in [-0.2, -0.15) is 0 Å². The Kier molecular flexibility index (Phi) is 2.21. The molecular formula is C14H23N. The van der Waals surface area contributed by atoms with E-state index in [0.717, 1.165) is 12.0 Å². The predicted molar refractivity (Wildman–Crippen MR) is 63.6 cm³/mol. The smallest absolute Gasteiger partial charge is 0.00450 e. The third-order valence-corrected chi connectivity index (χ3v) is 5.20. The number of rotatable bonds is 2. The molecule has 2 fully saturated rings. The van der Waals surface area contributed by atoms with E-state index in [1.165, 1.54) is 57.8 Å². The van der Waals surface area contributed by atoms with Gasteiger partial charge in [-0.1, -0.05) is 18.1 Å². The topological polar surface area (TPSA) is 26.0 Å². The molecule has 1 nitrogen and oxygen atoms in total. The van der Waals surface area contributed by atoms with Crippen LogP contribution in [0.4, 0.5) is 0 Å². The maximum Gasteiger partial charge on any atom is 0.00450 e. The maximum absolute atomic E-state index is 6.06. The average molecular weight is 205 g/mol. The number of hydrogen-bond donors (Lipinski definition) is 1. The van der Waals surface area contributed by atoms with Crippen molar-refractivity contribution in [2.75, 3.05) is 6.54 Å². The molecule has 0 atom stereocenters. The average Bonchev–Trinajstić information content (AvgIpc) is 2.17. The van der Waals surface area contributed by atoms with Crippen LogP contribution in [-0.4, -0.2) is 6.54 Å². The molecule has 84 valence electrons. The zero-order valence-electron chi connectivity index (χ0n) is 9.73. The molecule has 1 spiro atoms. The highest BCUT2D eigenvalue weighted by Gasteiger charge is 2.57. The minimum absolute atomic E-state index is 0.459. The lowest BCUT2D eigenvalue weighted by molar-refractivity contribution is -0.0719. The molecule has 0 aromatic heterocycles. The first-order valence-corrected chi connectivity index (χ1v) is 6.68. The summed E-state index contributed by atoms with van der Waals surface area (Å²) in [5.41, 5.74) is 9.01. The van der Waals surface area contributed by atoms with Crippen molar-refractivity contribution in [1.29, 1.82) is 0 Å².